The van der Waals surface area contributed by atoms with Crippen molar-refractivity contribution in [1.29, 1.82) is 0 Å². The molecule has 1 saturated heterocycles. The van der Waals surface area contributed by atoms with Crippen LogP contribution in [0.1, 0.15) is 31.4 Å². The van der Waals surface area contributed by atoms with Gasteiger partial charge in [-0.1, -0.05) is 0 Å². The Kier molecular flexibility index (Phi) is 3.47. The molecule has 1 aromatic rings. The zero-order valence-corrected chi connectivity index (χ0v) is 11.4. The Bertz CT molecular complexity index is 453. The SMILES string of the molecule is OCC1(c2ccnc(Cl)n2)CCC2(CC1)OCCO2. The zero-order valence-electron chi connectivity index (χ0n) is 10.6. The zero-order chi connectivity index (χ0) is 13.3. The third kappa shape index (κ3) is 2.36. The van der Waals surface area contributed by atoms with Crippen LogP contribution in [0.25, 0.3) is 0 Å². The molecule has 1 aromatic heterocycles. The van der Waals surface area contributed by atoms with Gasteiger partial charge in [0.1, 0.15) is 0 Å². The van der Waals surface area contributed by atoms with Crippen LogP contribution >= 0.6 is 11.6 Å². The molecular weight excluding hydrogens is 268 g/mol. The van der Waals surface area contributed by atoms with Gasteiger partial charge in [-0.05, 0) is 30.5 Å². The van der Waals surface area contributed by atoms with Crippen molar-refractivity contribution in [1.82, 2.24) is 9.97 Å². The lowest BCUT2D eigenvalue weighted by Crippen LogP contribution is -2.44. The number of halogens is 1. The second kappa shape index (κ2) is 4.98. The molecule has 1 aliphatic heterocycles. The summed E-state index contributed by atoms with van der Waals surface area (Å²) in [6.45, 7) is 1.37. The van der Waals surface area contributed by atoms with Crippen LogP contribution in [0.15, 0.2) is 12.3 Å². The van der Waals surface area contributed by atoms with Gasteiger partial charge < -0.3 is 14.6 Å². The Morgan fingerprint density at radius 1 is 1.21 bits per heavy atom. The van der Waals surface area contributed by atoms with E-state index in [1.54, 1.807) is 6.20 Å². The summed E-state index contributed by atoms with van der Waals surface area (Å²) in [5, 5.41) is 10.1. The van der Waals surface area contributed by atoms with Crippen molar-refractivity contribution in [3.63, 3.8) is 0 Å². The maximum atomic E-state index is 9.83. The predicted molar refractivity (Wildman–Crippen MR) is 68.9 cm³/mol. The van der Waals surface area contributed by atoms with Crippen LogP contribution in [-0.2, 0) is 14.9 Å². The molecule has 1 N–H and O–H groups in total. The number of hydrogen-bond donors (Lipinski definition) is 1. The van der Waals surface area contributed by atoms with E-state index in [-0.39, 0.29) is 17.3 Å². The average molecular weight is 285 g/mol. The average Bonchev–Trinajstić information content (AvgIpc) is 2.89. The van der Waals surface area contributed by atoms with E-state index in [1.165, 1.54) is 0 Å². The molecule has 6 heteroatoms. The van der Waals surface area contributed by atoms with E-state index >= 15 is 0 Å². The number of aliphatic hydroxyl groups excluding tert-OH is 1. The molecule has 104 valence electrons. The first kappa shape index (κ1) is 13.2. The van der Waals surface area contributed by atoms with E-state index in [2.05, 4.69) is 9.97 Å². The van der Waals surface area contributed by atoms with Crippen LogP contribution in [0.2, 0.25) is 5.28 Å². The smallest absolute Gasteiger partial charge is 0.222 e. The largest absolute Gasteiger partial charge is 0.395 e. The third-order valence-electron chi connectivity index (χ3n) is 4.25. The van der Waals surface area contributed by atoms with E-state index in [1.807, 2.05) is 6.07 Å². The Morgan fingerprint density at radius 2 is 1.89 bits per heavy atom. The lowest BCUT2D eigenvalue weighted by molar-refractivity contribution is -0.187. The summed E-state index contributed by atoms with van der Waals surface area (Å²) in [5.74, 6) is -0.435. The molecule has 5 nitrogen and oxygen atoms in total. The fourth-order valence-corrected chi connectivity index (χ4v) is 3.17. The Balaban J connectivity index is 1.82. The van der Waals surface area contributed by atoms with Gasteiger partial charge >= 0.3 is 0 Å². The quantitative estimate of drug-likeness (QED) is 0.837. The fourth-order valence-electron chi connectivity index (χ4n) is 3.02. The summed E-state index contributed by atoms with van der Waals surface area (Å²) >= 11 is 5.85. The summed E-state index contributed by atoms with van der Waals surface area (Å²) in [5.41, 5.74) is 0.454. The van der Waals surface area contributed by atoms with Crippen molar-refractivity contribution < 1.29 is 14.6 Å². The first-order valence-corrected chi connectivity index (χ1v) is 6.94. The highest BCUT2D eigenvalue weighted by molar-refractivity contribution is 6.28. The second-order valence-electron chi connectivity index (χ2n) is 5.26. The molecule has 0 bridgehead atoms. The third-order valence-corrected chi connectivity index (χ3v) is 4.44. The van der Waals surface area contributed by atoms with Crippen molar-refractivity contribution in [2.75, 3.05) is 19.8 Å². The summed E-state index contributed by atoms with van der Waals surface area (Å²) < 4.78 is 11.4. The fraction of sp³-hybridized carbons (Fsp3) is 0.692. The molecule has 1 aliphatic carbocycles. The summed E-state index contributed by atoms with van der Waals surface area (Å²) in [7, 11) is 0. The molecule has 1 spiro atoms. The molecular formula is C13H17ClN2O3. The number of aliphatic hydroxyl groups is 1. The Hall–Kier alpha value is -0.750. The van der Waals surface area contributed by atoms with Gasteiger partial charge in [0.15, 0.2) is 5.79 Å². The van der Waals surface area contributed by atoms with Crippen LogP contribution in [0.5, 0.6) is 0 Å². The van der Waals surface area contributed by atoms with Crippen LogP contribution in [0, 0.1) is 0 Å². The number of aromatic nitrogens is 2. The topological polar surface area (TPSA) is 64.5 Å². The highest BCUT2D eigenvalue weighted by atomic mass is 35.5. The molecule has 0 aromatic carbocycles. The molecule has 1 saturated carbocycles. The minimum atomic E-state index is -0.435. The standard InChI is InChI=1S/C13H17ClN2O3/c14-11-15-6-1-10(16-11)12(9-17)2-4-13(5-3-12)18-7-8-19-13/h1,6,17H,2-5,7-9H2. The number of rotatable bonds is 2. The monoisotopic (exact) mass is 284 g/mol. The molecule has 0 unspecified atom stereocenters. The lowest BCUT2D eigenvalue weighted by Gasteiger charge is -2.42. The van der Waals surface area contributed by atoms with Gasteiger partial charge in [0.25, 0.3) is 0 Å². The number of nitrogens with zero attached hydrogens (tertiary/aromatic N) is 2. The van der Waals surface area contributed by atoms with E-state index in [0.717, 1.165) is 31.4 Å². The molecule has 19 heavy (non-hydrogen) atoms. The van der Waals surface area contributed by atoms with Crippen molar-refractivity contribution in [2.24, 2.45) is 0 Å². The number of hydrogen-bond acceptors (Lipinski definition) is 5. The van der Waals surface area contributed by atoms with Crippen LogP contribution < -0.4 is 0 Å². The minimum Gasteiger partial charge on any atom is -0.395 e. The summed E-state index contributed by atoms with van der Waals surface area (Å²) in [4.78, 5) is 8.16. The molecule has 2 aliphatic rings. The van der Waals surface area contributed by atoms with E-state index in [4.69, 9.17) is 21.1 Å². The van der Waals surface area contributed by atoms with E-state index < -0.39 is 5.79 Å². The Morgan fingerprint density at radius 3 is 2.47 bits per heavy atom. The molecule has 3 rings (SSSR count). The number of ether oxygens (including phenoxy) is 2. The highest BCUT2D eigenvalue weighted by Gasteiger charge is 2.47. The molecule has 2 fully saturated rings. The van der Waals surface area contributed by atoms with Gasteiger partial charge in [-0.25, -0.2) is 9.97 Å². The molecule has 0 atom stereocenters. The lowest BCUT2D eigenvalue weighted by atomic mass is 9.70. The molecule has 2 heterocycles. The Labute approximate surface area is 116 Å². The molecule has 0 amide bonds. The van der Waals surface area contributed by atoms with Gasteiger partial charge in [-0.3, -0.25) is 0 Å². The van der Waals surface area contributed by atoms with Crippen molar-refractivity contribution in [3.05, 3.63) is 23.2 Å². The maximum Gasteiger partial charge on any atom is 0.222 e. The van der Waals surface area contributed by atoms with Crippen LogP contribution in [-0.4, -0.2) is 40.7 Å². The van der Waals surface area contributed by atoms with Crippen LogP contribution in [0.3, 0.4) is 0 Å². The van der Waals surface area contributed by atoms with E-state index in [0.29, 0.717) is 13.2 Å². The highest BCUT2D eigenvalue weighted by Crippen LogP contribution is 2.45. The van der Waals surface area contributed by atoms with Gasteiger partial charge in [-0.15, -0.1) is 0 Å². The van der Waals surface area contributed by atoms with Gasteiger partial charge in [0, 0.05) is 24.5 Å². The van der Waals surface area contributed by atoms with Gasteiger partial charge in [0.2, 0.25) is 5.28 Å². The maximum absolute atomic E-state index is 9.83. The van der Waals surface area contributed by atoms with Crippen molar-refractivity contribution in [3.8, 4) is 0 Å². The van der Waals surface area contributed by atoms with Crippen molar-refractivity contribution in [2.45, 2.75) is 36.9 Å². The van der Waals surface area contributed by atoms with E-state index in [9.17, 15) is 5.11 Å². The summed E-state index contributed by atoms with van der Waals surface area (Å²) in [6.07, 6.45) is 4.73. The first-order chi connectivity index (χ1) is 9.18. The second-order valence-corrected chi connectivity index (χ2v) is 5.60. The van der Waals surface area contributed by atoms with Crippen LogP contribution in [0.4, 0.5) is 0 Å². The van der Waals surface area contributed by atoms with Crippen molar-refractivity contribution >= 4 is 11.6 Å². The minimum absolute atomic E-state index is 0.0520. The normalized spacial score (nSPS) is 24.7. The first-order valence-electron chi connectivity index (χ1n) is 6.56. The molecule has 0 radical (unpaired) electrons. The summed E-state index contributed by atoms with van der Waals surface area (Å²) in [6, 6.07) is 1.83. The van der Waals surface area contributed by atoms with Gasteiger partial charge in [-0.2, -0.15) is 0 Å². The predicted octanol–water partition coefficient (Wildman–Crippen LogP) is 1.68. The van der Waals surface area contributed by atoms with Gasteiger partial charge in [0.05, 0.1) is 25.5 Å².